The maximum absolute atomic E-state index is 12.0. The smallest absolute Gasteiger partial charge is 0.409 e. The Labute approximate surface area is 144 Å². The summed E-state index contributed by atoms with van der Waals surface area (Å²) in [7, 11) is 0. The maximum Gasteiger partial charge on any atom is 0.409 e. The standard InChI is InChI=1S/C19H28N2O3/c1-6-24-19(23)21-9-7-20(8-10-21)12-17-13(2)11-14(3)18(15(17)4)16(5)22/h11H,6-10,12H2,1-5H3. The molecule has 1 aromatic carbocycles. The molecule has 0 unspecified atom stereocenters. The van der Waals surface area contributed by atoms with Crippen LogP contribution in [0.25, 0.3) is 0 Å². The minimum absolute atomic E-state index is 0.124. The van der Waals surface area contributed by atoms with Gasteiger partial charge in [-0.3, -0.25) is 9.69 Å². The molecule has 1 fully saturated rings. The second-order valence-corrected chi connectivity index (χ2v) is 6.51. The first-order chi connectivity index (χ1) is 11.3. The lowest BCUT2D eigenvalue weighted by molar-refractivity contribution is 0.0776. The molecule has 5 nitrogen and oxygen atoms in total. The van der Waals surface area contributed by atoms with Crippen LogP contribution in [-0.2, 0) is 11.3 Å². The van der Waals surface area contributed by atoms with Gasteiger partial charge in [0.2, 0.25) is 0 Å². The van der Waals surface area contributed by atoms with E-state index in [0.29, 0.717) is 19.7 Å². The van der Waals surface area contributed by atoms with E-state index in [9.17, 15) is 9.59 Å². The van der Waals surface area contributed by atoms with Gasteiger partial charge < -0.3 is 9.64 Å². The highest BCUT2D eigenvalue weighted by Crippen LogP contribution is 2.24. The van der Waals surface area contributed by atoms with Crippen LogP contribution in [0.4, 0.5) is 4.79 Å². The molecule has 1 aliphatic heterocycles. The minimum atomic E-state index is -0.223. The highest BCUT2D eigenvalue weighted by atomic mass is 16.6. The van der Waals surface area contributed by atoms with Gasteiger partial charge in [0, 0.05) is 38.3 Å². The first kappa shape index (κ1) is 18.5. The van der Waals surface area contributed by atoms with Crippen molar-refractivity contribution in [3.63, 3.8) is 0 Å². The van der Waals surface area contributed by atoms with Gasteiger partial charge in [-0.25, -0.2) is 4.79 Å². The first-order valence-corrected chi connectivity index (χ1v) is 8.59. The molecule has 0 N–H and O–H groups in total. The molecule has 0 radical (unpaired) electrons. The quantitative estimate of drug-likeness (QED) is 0.795. The van der Waals surface area contributed by atoms with Crippen molar-refractivity contribution in [1.29, 1.82) is 0 Å². The fraction of sp³-hybridized carbons (Fsp3) is 0.579. The van der Waals surface area contributed by atoms with Crippen LogP contribution in [0.2, 0.25) is 0 Å². The van der Waals surface area contributed by atoms with Crippen LogP contribution in [0.5, 0.6) is 0 Å². The van der Waals surface area contributed by atoms with E-state index >= 15 is 0 Å². The fourth-order valence-electron chi connectivity index (χ4n) is 3.54. The Morgan fingerprint density at radius 3 is 2.25 bits per heavy atom. The SMILES string of the molecule is CCOC(=O)N1CCN(Cc2c(C)cc(C)c(C(C)=O)c2C)CC1. The zero-order chi connectivity index (χ0) is 17.9. The highest BCUT2D eigenvalue weighted by molar-refractivity contribution is 5.97. The van der Waals surface area contributed by atoms with Crippen molar-refractivity contribution >= 4 is 11.9 Å². The van der Waals surface area contributed by atoms with Gasteiger partial charge in [0.05, 0.1) is 6.61 Å². The summed E-state index contributed by atoms with van der Waals surface area (Å²) in [4.78, 5) is 27.8. The number of piperazine rings is 1. The van der Waals surface area contributed by atoms with Crippen molar-refractivity contribution < 1.29 is 14.3 Å². The molecule has 1 heterocycles. The summed E-state index contributed by atoms with van der Waals surface area (Å²) >= 11 is 0. The molecule has 1 aromatic rings. The normalized spacial score (nSPS) is 15.5. The van der Waals surface area contributed by atoms with Crippen molar-refractivity contribution in [2.24, 2.45) is 0 Å². The van der Waals surface area contributed by atoms with Gasteiger partial charge in [-0.15, -0.1) is 0 Å². The van der Waals surface area contributed by atoms with Crippen LogP contribution in [0.15, 0.2) is 6.07 Å². The number of amides is 1. The summed E-state index contributed by atoms with van der Waals surface area (Å²) in [5.74, 6) is 0.124. The second kappa shape index (κ2) is 7.79. The van der Waals surface area contributed by atoms with Crippen LogP contribution >= 0.6 is 0 Å². The molecule has 24 heavy (non-hydrogen) atoms. The summed E-state index contributed by atoms with van der Waals surface area (Å²) < 4.78 is 5.06. The molecule has 1 aliphatic rings. The molecule has 132 valence electrons. The van der Waals surface area contributed by atoms with Crippen LogP contribution in [0, 0.1) is 20.8 Å². The second-order valence-electron chi connectivity index (χ2n) is 6.51. The Bertz CT molecular complexity index is 632. The van der Waals surface area contributed by atoms with Crippen molar-refractivity contribution in [1.82, 2.24) is 9.80 Å². The van der Waals surface area contributed by atoms with Gasteiger partial charge in [0.15, 0.2) is 5.78 Å². The monoisotopic (exact) mass is 332 g/mol. The summed E-state index contributed by atoms with van der Waals surface area (Å²) in [5.41, 5.74) is 5.44. The Hall–Kier alpha value is -1.88. The third-order valence-corrected chi connectivity index (χ3v) is 4.76. The third kappa shape index (κ3) is 3.96. The predicted octanol–water partition coefficient (Wildman–Crippen LogP) is 3.09. The van der Waals surface area contributed by atoms with Crippen molar-refractivity contribution in [3.8, 4) is 0 Å². The first-order valence-electron chi connectivity index (χ1n) is 8.59. The summed E-state index contributed by atoms with van der Waals surface area (Å²) in [6.07, 6.45) is -0.223. The van der Waals surface area contributed by atoms with Gasteiger partial charge in [0.25, 0.3) is 0 Å². The zero-order valence-corrected chi connectivity index (χ0v) is 15.4. The van der Waals surface area contributed by atoms with Crippen LogP contribution in [0.1, 0.15) is 46.5 Å². The van der Waals surface area contributed by atoms with E-state index in [2.05, 4.69) is 17.9 Å². The van der Waals surface area contributed by atoms with Crippen molar-refractivity contribution in [2.45, 2.75) is 41.2 Å². The molecule has 0 aliphatic carbocycles. The summed E-state index contributed by atoms with van der Waals surface area (Å²) in [5, 5.41) is 0. The number of hydrogen-bond donors (Lipinski definition) is 0. The molecule has 0 bridgehead atoms. The molecule has 1 amide bonds. The number of Topliss-reactive ketones (excluding diaryl/α,β-unsaturated/α-hetero) is 1. The molecule has 0 aromatic heterocycles. The molecule has 0 saturated carbocycles. The van der Waals surface area contributed by atoms with Crippen LogP contribution in [0.3, 0.4) is 0 Å². The van der Waals surface area contributed by atoms with E-state index in [1.54, 1.807) is 11.8 Å². The van der Waals surface area contributed by atoms with Crippen LogP contribution in [-0.4, -0.2) is 54.5 Å². The Morgan fingerprint density at radius 1 is 1.08 bits per heavy atom. The number of aryl methyl sites for hydroxylation is 2. The summed E-state index contributed by atoms with van der Waals surface area (Å²) in [6, 6.07) is 2.11. The third-order valence-electron chi connectivity index (χ3n) is 4.76. The number of ether oxygens (including phenoxy) is 1. The average molecular weight is 332 g/mol. The van der Waals surface area contributed by atoms with Gasteiger partial charge in [-0.1, -0.05) is 6.07 Å². The predicted molar refractivity (Wildman–Crippen MR) is 94.5 cm³/mol. The number of hydrogen-bond acceptors (Lipinski definition) is 4. The lowest BCUT2D eigenvalue weighted by Gasteiger charge is -2.34. The van der Waals surface area contributed by atoms with E-state index in [1.807, 2.05) is 20.8 Å². The number of ketones is 1. The van der Waals surface area contributed by atoms with E-state index in [4.69, 9.17) is 4.74 Å². The molecular weight excluding hydrogens is 304 g/mol. The number of nitrogens with zero attached hydrogens (tertiary/aromatic N) is 2. The van der Waals surface area contributed by atoms with E-state index in [-0.39, 0.29) is 11.9 Å². The molecule has 0 spiro atoms. The van der Waals surface area contributed by atoms with Crippen LogP contribution < -0.4 is 0 Å². The maximum atomic E-state index is 12.0. The van der Waals surface area contributed by atoms with Gasteiger partial charge in [-0.05, 0) is 56.9 Å². The zero-order valence-electron chi connectivity index (χ0n) is 15.4. The number of carbonyl (C=O) groups is 2. The van der Waals surface area contributed by atoms with Gasteiger partial charge >= 0.3 is 6.09 Å². The Kier molecular flexibility index (Phi) is 5.99. The molecular formula is C19H28N2O3. The highest BCUT2D eigenvalue weighted by Gasteiger charge is 2.23. The molecule has 0 atom stereocenters. The number of rotatable bonds is 4. The molecule has 2 rings (SSSR count). The Morgan fingerprint density at radius 2 is 1.71 bits per heavy atom. The topological polar surface area (TPSA) is 49.9 Å². The van der Waals surface area contributed by atoms with Gasteiger partial charge in [-0.2, -0.15) is 0 Å². The van der Waals surface area contributed by atoms with Crippen molar-refractivity contribution in [3.05, 3.63) is 33.9 Å². The number of carbonyl (C=O) groups excluding carboxylic acids is 2. The summed E-state index contributed by atoms with van der Waals surface area (Å²) in [6.45, 7) is 13.8. The lowest BCUT2D eigenvalue weighted by atomic mass is 9.91. The minimum Gasteiger partial charge on any atom is -0.450 e. The van der Waals surface area contributed by atoms with E-state index in [1.165, 1.54) is 11.1 Å². The average Bonchev–Trinajstić information content (AvgIpc) is 2.51. The number of benzene rings is 1. The lowest BCUT2D eigenvalue weighted by Crippen LogP contribution is -2.48. The van der Waals surface area contributed by atoms with E-state index in [0.717, 1.165) is 36.3 Å². The molecule has 5 heteroatoms. The van der Waals surface area contributed by atoms with Crippen molar-refractivity contribution in [2.75, 3.05) is 32.8 Å². The molecule has 1 saturated heterocycles. The Balaban J connectivity index is 2.09. The van der Waals surface area contributed by atoms with Gasteiger partial charge in [0.1, 0.15) is 0 Å². The fourth-order valence-corrected chi connectivity index (χ4v) is 3.54. The van der Waals surface area contributed by atoms with E-state index < -0.39 is 0 Å². The largest absolute Gasteiger partial charge is 0.450 e.